The minimum atomic E-state index is 0.477. The molecule has 60 valence electrons. The van der Waals surface area contributed by atoms with Crippen LogP contribution in [0.2, 0.25) is 0 Å². The summed E-state index contributed by atoms with van der Waals surface area (Å²) < 4.78 is 0. The highest BCUT2D eigenvalue weighted by Crippen LogP contribution is 1.83. The highest BCUT2D eigenvalue weighted by Gasteiger charge is 1.79. The molecule has 0 spiro atoms. The lowest BCUT2D eigenvalue weighted by atomic mass is 10.3. The zero-order valence-electron chi connectivity index (χ0n) is 7.07. The van der Waals surface area contributed by atoms with Crippen LogP contribution in [0.4, 0.5) is 0 Å². The summed E-state index contributed by atoms with van der Waals surface area (Å²) in [6, 6.07) is 0. The molecule has 0 aromatic heterocycles. The summed E-state index contributed by atoms with van der Waals surface area (Å²) in [5.74, 6) is 0.477. The molecule has 0 amide bonds. The smallest absolute Gasteiger partial charge is 0.114 e. The van der Waals surface area contributed by atoms with Crippen molar-refractivity contribution in [3.8, 4) is 0 Å². The van der Waals surface area contributed by atoms with E-state index >= 15 is 0 Å². The van der Waals surface area contributed by atoms with Gasteiger partial charge in [0, 0.05) is 12.4 Å². The first-order valence-electron chi connectivity index (χ1n) is 3.60. The van der Waals surface area contributed by atoms with Gasteiger partial charge in [-0.3, -0.25) is 0 Å². The van der Waals surface area contributed by atoms with Gasteiger partial charge in [0.05, 0.1) is 0 Å². The molecule has 2 nitrogen and oxygen atoms in total. The second kappa shape index (κ2) is 6.93. The molecule has 0 atom stereocenters. The van der Waals surface area contributed by atoms with E-state index in [9.17, 15) is 0 Å². The zero-order chi connectivity index (χ0) is 8.53. The van der Waals surface area contributed by atoms with E-state index in [1.165, 1.54) is 6.34 Å². The van der Waals surface area contributed by atoms with Crippen molar-refractivity contribution in [1.29, 1.82) is 0 Å². The minimum absolute atomic E-state index is 0.477. The van der Waals surface area contributed by atoms with Gasteiger partial charge in [-0.05, 0) is 12.0 Å². The maximum Gasteiger partial charge on any atom is 0.114 e. The molecule has 0 heterocycles. The van der Waals surface area contributed by atoms with Crippen molar-refractivity contribution < 1.29 is 0 Å². The van der Waals surface area contributed by atoms with Crippen molar-refractivity contribution in [2.75, 3.05) is 0 Å². The van der Waals surface area contributed by atoms with Crippen LogP contribution in [0.25, 0.3) is 0 Å². The zero-order valence-corrected chi connectivity index (χ0v) is 7.07. The molecular formula is C9H14N2. The average molecular weight is 150 g/mol. The largest absolute Gasteiger partial charge is 0.249 e. The van der Waals surface area contributed by atoms with E-state index in [2.05, 4.69) is 30.4 Å². The molecule has 0 aliphatic heterocycles. The summed E-state index contributed by atoms with van der Waals surface area (Å²) >= 11 is 0. The Labute approximate surface area is 68.1 Å². The Bertz CT molecular complexity index is 176. The topological polar surface area (TPSA) is 24.7 Å². The standard InChI is InChI=1S/C9H14N2/c1-4-5-6-10-8-11-7-9(2)3/h4-9H,1H2,2-3H3/b6-5-,10-8?,11-7?. The molecule has 0 radical (unpaired) electrons. The predicted molar refractivity (Wildman–Crippen MR) is 51.2 cm³/mol. The fraction of sp³-hybridized carbons (Fsp3) is 0.333. The summed E-state index contributed by atoms with van der Waals surface area (Å²) in [4.78, 5) is 7.80. The molecule has 0 unspecified atom stereocenters. The number of hydrogen-bond acceptors (Lipinski definition) is 1. The number of rotatable bonds is 4. The Morgan fingerprint density at radius 3 is 2.55 bits per heavy atom. The van der Waals surface area contributed by atoms with Gasteiger partial charge in [0.2, 0.25) is 0 Å². The van der Waals surface area contributed by atoms with Gasteiger partial charge in [-0.2, -0.15) is 0 Å². The first-order chi connectivity index (χ1) is 5.27. The van der Waals surface area contributed by atoms with Crippen LogP contribution in [-0.2, 0) is 0 Å². The van der Waals surface area contributed by atoms with E-state index in [4.69, 9.17) is 0 Å². The van der Waals surface area contributed by atoms with E-state index in [0.717, 1.165) is 0 Å². The average Bonchev–Trinajstić information content (AvgIpc) is 1.96. The summed E-state index contributed by atoms with van der Waals surface area (Å²) in [5.41, 5.74) is 0. The number of aliphatic imine (C=N–C) groups is 2. The van der Waals surface area contributed by atoms with Crippen LogP contribution in [-0.4, -0.2) is 12.6 Å². The predicted octanol–water partition coefficient (Wildman–Crippen LogP) is 2.44. The first-order valence-corrected chi connectivity index (χ1v) is 3.60. The third-order valence-corrected chi connectivity index (χ3v) is 0.826. The summed E-state index contributed by atoms with van der Waals surface area (Å²) in [7, 11) is 0. The molecule has 0 saturated heterocycles. The molecule has 0 aliphatic rings. The Kier molecular flexibility index (Phi) is 6.19. The third kappa shape index (κ3) is 8.82. The lowest BCUT2D eigenvalue weighted by Gasteiger charge is -1.87. The van der Waals surface area contributed by atoms with Crippen LogP contribution in [0, 0.1) is 5.92 Å². The highest BCUT2D eigenvalue weighted by atomic mass is 14.8. The van der Waals surface area contributed by atoms with Crippen LogP contribution in [0.1, 0.15) is 13.8 Å². The van der Waals surface area contributed by atoms with Crippen molar-refractivity contribution in [3.63, 3.8) is 0 Å². The normalized spacial score (nSPS) is 12.6. The SMILES string of the molecule is C=C/C=C\N=CN=CC(C)C. The summed E-state index contributed by atoms with van der Waals surface area (Å²) in [6.07, 6.45) is 8.42. The minimum Gasteiger partial charge on any atom is -0.249 e. The molecular weight excluding hydrogens is 136 g/mol. The second-order valence-electron chi connectivity index (χ2n) is 2.38. The van der Waals surface area contributed by atoms with Crippen molar-refractivity contribution in [3.05, 3.63) is 24.9 Å². The number of nitrogens with zero attached hydrogens (tertiary/aromatic N) is 2. The van der Waals surface area contributed by atoms with Crippen molar-refractivity contribution in [2.45, 2.75) is 13.8 Å². The van der Waals surface area contributed by atoms with Crippen molar-refractivity contribution >= 4 is 12.6 Å². The van der Waals surface area contributed by atoms with Crippen LogP contribution >= 0.6 is 0 Å². The van der Waals surface area contributed by atoms with Crippen LogP contribution in [0.15, 0.2) is 34.9 Å². The van der Waals surface area contributed by atoms with E-state index in [0.29, 0.717) is 5.92 Å². The molecule has 0 rings (SSSR count). The number of hydrogen-bond donors (Lipinski definition) is 0. The van der Waals surface area contributed by atoms with Gasteiger partial charge in [0.25, 0.3) is 0 Å². The second-order valence-corrected chi connectivity index (χ2v) is 2.38. The lowest BCUT2D eigenvalue weighted by Crippen LogP contribution is -1.85. The van der Waals surface area contributed by atoms with Gasteiger partial charge in [0.15, 0.2) is 0 Å². The Morgan fingerprint density at radius 1 is 1.27 bits per heavy atom. The molecule has 0 N–H and O–H groups in total. The Hall–Kier alpha value is -1.18. The fourth-order valence-electron chi connectivity index (χ4n) is 0.398. The van der Waals surface area contributed by atoms with E-state index in [1.807, 2.05) is 6.21 Å². The summed E-state index contributed by atoms with van der Waals surface area (Å²) in [5, 5.41) is 0. The Balaban J connectivity index is 3.59. The molecule has 0 aromatic carbocycles. The molecule has 2 heteroatoms. The van der Waals surface area contributed by atoms with Crippen molar-refractivity contribution in [1.82, 2.24) is 0 Å². The van der Waals surface area contributed by atoms with E-state index in [-0.39, 0.29) is 0 Å². The van der Waals surface area contributed by atoms with Crippen molar-refractivity contribution in [2.24, 2.45) is 15.9 Å². The first kappa shape index (κ1) is 9.82. The van der Waals surface area contributed by atoms with Crippen LogP contribution in [0.5, 0.6) is 0 Å². The molecule has 0 aliphatic carbocycles. The Morgan fingerprint density at radius 2 is 2.00 bits per heavy atom. The van der Waals surface area contributed by atoms with Gasteiger partial charge >= 0.3 is 0 Å². The van der Waals surface area contributed by atoms with Gasteiger partial charge < -0.3 is 0 Å². The highest BCUT2D eigenvalue weighted by molar-refractivity contribution is 5.73. The molecule has 11 heavy (non-hydrogen) atoms. The molecule has 0 bridgehead atoms. The van der Waals surface area contributed by atoms with Crippen LogP contribution in [0.3, 0.4) is 0 Å². The van der Waals surface area contributed by atoms with Gasteiger partial charge in [-0.15, -0.1) is 0 Å². The fourth-order valence-corrected chi connectivity index (χ4v) is 0.398. The van der Waals surface area contributed by atoms with Gasteiger partial charge in [0.1, 0.15) is 6.34 Å². The molecule has 0 aromatic rings. The monoisotopic (exact) mass is 150 g/mol. The third-order valence-electron chi connectivity index (χ3n) is 0.826. The maximum atomic E-state index is 3.94. The van der Waals surface area contributed by atoms with Crippen LogP contribution < -0.4 is 0 Å². The molecule has 0 saturated carbocycles. The lowest BCUT2D eigenvalue weighted by molar-refractivity contribution is 0.909. The molecule has 0 fully saturated rings. The quantitative estimate of drug-likeness (QED) is 0.334. The van der Waals surface area contributed by atoms with E-state index in [1.54, 1.807) is 18.4 Å². The number of allylic oxidation sites excluding steroid dienone is 2. The maximum absolute atomic E-state index is 3.94. The van der Waals surface area contributed by atoms with E-state index < -0.39 is 0 Å². The summed E-state index contributed by atoms with van der Waals surface area (Å²) in [6.45, 7) is 7.64. The van der Waals surface area contributed by atoms with Gasteiger partial charge in [-0.1, -0.05) is 26.5 Å². The van der Waals surface area contributed by atoms with Gasteiger partial charge in [-0.25, -0.2) is 9.98 Å².